The lowest BCUT2D eigenvalue weighted by Gasteiger charge is -2.01. The number of halogens is 2. The molecule has 1 aromatic carbocycles. The number of hydrogen-bond acceptors (Lipinski definition) is 1. The Hall–Kier alpha value is -1.15. The number of allylic oxidation sites excluding steroid dienone is 2. The topological polar surface area (TPSA) is 17.1 Å². The quantitative estimate of drug-likeness (QED) is 0.718. The van der Waals surface area contributed by atoms with Gasteiger partial charge < -0.3 is 0 Å². The van der Waals surface area contributed by atoms with Gasteiger partial charge >= 0.3 is 0 Å². The summed E-state index contributed by atoms with van der Waals surface area (Å²) in [7, 11) is 0. The van der Waals surface area contributed by atoms with Crippen molar-refractivity contribution in [2.45, 2.75) is 19.8 Å². The lowest BCUT2D eigenvalue weighted by molar-refractivity contribution is -0.114. The number of benzene rings is 1. The molecule has 0 heterocycles. The second kappa shape index (κ2) is 5.66. The van der Waals surface area contributed by atoms with Gasteiger partial charge in [-0.05, 0) is 24.1 Å². The summed E-state index contributed by atoms with van der Waals surface area (Å²) in [6.45, 7) is 1.93. The van der Waals surface area contributed by atoms with Crippen LogP contribution < -0.4 is 0 Å². The molecule has 80 valence electrons. The van der Waals surface area contributed by atoms with Gasteiger partial charge in [-0.1, -0.05) is 36.7 Å². The van der Waals surface area contributed by atoms with Crippen LogP contribution in [0.25, 0.3) is 0 Å². The minimum atomic E-state index is -0.502. The fourth-order valence-corrected chi connectivity index (χ4v) is 1.38. The molecule has 1 rings (SSSR count). The molecular formula is C12H12ClFO. The highest BCUT2D eigenvalue weighted by Gasteiger charge is 2.08. The van der Waals surface area contributed by atoms with E-state index in [0.29, 0.717) is 5.56 Å². The van der Waals surface area contributed by atoms with Gasteiger partial charge in [0.2, 0.25) is 0 Å². The minimum Gasteiger partial charge on any atom is -0.294 e. The molecule has 0 aliphatic carbocycles. The molecule has 15 heavy (non-hydrogen) atoms. The molecule has 0 radical (unpaired) electrons. The normalized spacial score (nSPS) is 10.9. The maximum absolute atomic E-state index is 13.4. The number of hydrogen-bond donors (Lipinski definition) is 0. The summed E-state index contributed by atoms with van der Waals surface area (Å²) >= 11 is 5.60. The SMILES string of the molecule is CC/C=C/C(=O)Cc1cccc(Cl)c1F. The van der Waals surface area contributed by atoms with Gasteiger partial charge in [0.25, 0.3) is 0 Å². The molecule has 1 aromatic rings. The van der Waals surface area contributed by atoms with E-state index >= 15 is 0 Å². The summed E-state index contributed by atoms with van der Waals surface area (Å²) in [4.78, 5) is 11.3. The van der Waals surface area contributed by atoms with Crippen molar-refractivity contribution in [3.63, 3.8) is 0 Å². The molecule has 0 bridgehead atoms. The summed E-state index contributed by atoms with van der Waals surface area (Å²) in [5.74, 6) is -0.615. The predicted molar refractivity (Wildman–Crippen MR) is 59.6 cm³/mol. The van der Waals surface area contributed by atoms with Crippen LogP contribution in [0.2, 0.25) is 5.02 Å². The van der Waals surface area contributed by atoms with E-state index in [1.54, 1.807) is 18.2 Å². The van der Waals surface area contributed by atoms with Crippen LogP contribution in [0, 0.1) is 5.82 Å². The zero-order chi connectivity index (χ0) is 11.3. The van der Waals surface area contributed by atoms with Crippen LogP contribution in [0.5, 0.6) is 0 Å². The largest absolute Gasteiger partial charge is 0.294 e. The van der Waals surface area contributed by atoms with E-state index in [0.717, 1.165) is 6.42 Å². The molecular weight excluding hydrogens is 215 g/mol. The summed E-state index contributed by atoms with van der Waals surface area (Å²) in [6.07, 6.45) is 4.08. The standard InChI is InChI=1S/C12H12ClFO/c1-2-3-6-10(15)8-9-5-4-7-11(13)12(9)14/h3-7H,2,8H2,1H3/b6-3+. The van der Waals surface area contributed by atoms with Gasteiger partial charge in [-0.2, -0.15) is 0 Å². The van der Waals surface area contributed by atoms with Crippen LogP contribution in [0.4, 0.5) is 4.39 Å². The zero-order valence-electron chi connectivity index (χ0n) is 8.47. The molecule has 0 aromatic heterocycles. The van der Waals surface area contributed by atoms with Crippen LogP contribution in [-0.2, 0) is 11.2 Å². The summed E-state index contributed by atoms with van der Waals surface area (Å²) in [5, 5.41) is 0.0553. The molecule has 0 saturated carbocycles. The van der Waals surface area contributed by atoms with Crippen molar-refractivity contribution in [2.24, 2.45) is 0 Å². The molecule has 3 heteroatoms. The van der Waals surface area contributed by atoms with Gasteiger partial charge in [0, 0.05) is 6.42 Å². The van der Waals surface area contributed by atoms with Crippen molar-refractivity contribution >= 4 is 17.4 Å². The first-order chi connectivity index (χ1) is 7.15. The van der Waals surface area contributed by atoms with E-state index in [-0.39, 0.29) is 17.2 Å². The lowest BCUT2D eigenvalue weighted by Crippen LogP contribution is -2.01. The average molecular weight is 227 g/mol. The molecule has 1 nitrogen and oxygen atoms in total. The summed E-state index contributed by atoms with van der Waals surface area (Å²) in [6, 6.07) is 4.67. The molecule has 0 fully saturated rings. The smallest absolute Gasteiger partial charge is 0.159 e. The Morgan fingerprint density at radius 3 is 2.93 bits per heavy atom. The Morgan fingerprint density at radius 1 is 1.53 bits per heavy atom. The monoisotopic (exact) mass is 226 g/mol. The van der Waals surface area contributed by atoms with Crippen LogP contribution in [-0.4, -0.2) is 5.78 Å². The Balaban J connectivity index is 2.77. The van der Waals surface area contributed by atoms with Crippen LogP contribution in [0.3, 0.4) is 0 Å². The molecule has 0 N–H and O–H groups in total. The van der Waals surface area contributed by atoms with E-state index in [1.165, 1.54) is 12.1 Å². The zero-order valence-corrected chi connectivity index (χ0v) is 9.22. The molecule has 0 spiro atoms. The predicted octanol–water partition coefficient (Wildman–Crippen LogP) is 3.56. The van der Waals surface area contributed by atoms with Gasteiger partial charge in [0.15, 0.2) is 5.78 Å². The average Bonchev–Trinajstić information content (AvgIpc) is 2.22. The van der Waals surface area contributed by atoms with Crippen molar-refractivity contribution in [3.05, 3.63) is 46.8 Å². The van der Waals surface area contributed by atoms with Gasteiger partial charge in [-0.3, -0.25) is 4.79 Å². The second-order valence-corrected chi connectivity index (χ2v) is 3.57. The van der Waals surface area contributed by atoms with Gasteiger partial charge in [-0.25, -0.2) is 4.39 Å². The third kappa shape index (κ3) is 3.48. The van der Waals surface area contributed by atoms with E-state index in [4.69, 9.17) is 11.6 Å². The first-order valence-electron chi connectivity index (χ1n) is 4.77. The number of carbonyl (C=O) groups excluding carboxylic acids is 1. The van der Waals surface area contributed by atoms with Crippen molar-refractivity contribution in [2.75, 3.05) is 0 Å². The maximum atomic E-state index is 13.4. The second-order valence-electron chi connectivity index (χ2n) is 3.17. The summed E-state index contributed by atoms with van der Waals surface area (Å²) < 4.78 is 13.4. The highest BCUT2D eigenvalue weighted by molar-refractivity contribution is 6.30. The van der Waals surface area contributed by atoms with Gasteiger partial charge in [0.05, 0.1) is 5.02 Å². The lowest BCUT2D eigenvalue weighted by atomic mass is 10.1. The summed E-state index contributed by atoms with van der Waals surface area (Å²) in [5.41, 5.74) is 0.341. The number of ketones is 1. The Labute approximate surface area is 93.6 Å². The molecule has 0 aliphatic heterocycles. The highest BCUT2D eigenvalue weighted by Crippen LogP contribution is 2.18. The minimum absolute atomic E-state index is 0.0553. The molecule has 0 atom stereocenters. The van der Waals surface area contributed by atoms with E-state index in [1.807, 2.05) is 6.92 Å². The van der Waals surface area contributed by atoms with Crippen molar-refractivity contribution in [1.29, 1.82) is 0 Å². The number of rotatable bonds is 4. The fourth-order valence-electron chi connectivity index (χ4n) is 1.18. The van der Waals surface area contributed by atoms with Gasteiger partial charge in [0.1, 0.15) is 5.82 Å². The van der Waals surface area contributed by atoms with E-state index < -0.39 is 5.82 Å². The van der Waals surface area contributed by atoms with Crippen molar-refractivity contribution < 1.29 is 9.18 Å². The first kappa shape index (κ1) is 11.9. The first-order valence-corrected chi connectivity index (χ1v) is 5.15. The van der Waals surface area contributed by atoms with Crippen LogP contribution in [0.15, 0.2) is 30.4 Å². The Morgan fingerprint density at radius 2 is 2.27 bits per heavy atom. The molecule has 0 unspecified atom stereocenters. The molecule has 0 aliphatic rings. The Kier molecular flexibility index (Phi) is 4.50. The molecule has 0 saturated heterocycles. The molecule has 0 amide bonds. The van der Waals surface area contributed by atoms with E-state index in [2.05, 4.69) is 0 Å². The maximum Gasteiger partial charge on any atom is 0.159 e. The fraction of sp³-hybridized carbons (Fsp3) is 0.250. The third-order valence-electron chi connectivity index (χ3n) is 1.94. The van der Waals surface area contributed by atoms with Crippen LogP contribution in [0.1, 0.15) is 18.9 Å². The van der Waals surface area contributed by atoms with Crippen molar-refractivity contribution in [3.8, 4) is 0 Å². The Bertz CT molecular complexity index is 385. The highest BCUT2D eigenvalue weighted by atomic mass is 35.5. The van der Waals surface area contributed by atoms with E-state index in [9.17, 15) is 9.18 Å². The van der Waals surface area contributed by atoms with Crippen LogP contribution >= 0.6 is 11.6 Å². The number of carbonyl (C=O) groups is 1. The third-order valence-corrected chi connectivity index (χ3v) is 2.23. The van der Waals surface area contributed by atoms with Crippen molar-refractivity contribution in [1.82, 2.24) is 0 Å². The van der Waals surface area contributed by atoms with Gasteiger partial charge in [-0.15, -0.1) is 0 Å².